The van der Waals surface area contributed by atoms with Gasteiger partial charge in [-0.2, -0.15) is 0 Å². The van der Waals surface area contributed by atoms with Crippen LogP contribution in [-0.2, 0) is 9.53 Å². The van der Waals surface area contributed by atoms with Crippen molar-refractivity contribution < 1.29 is 9.53 Å². The lowest BCUT2D eigenvalue weighted by Crippen LogP contribution is -2.11. The highest BCUT2D eigenvalue weighted by Crippen LogP contribution is 2.21. The number of ketones is 1. The van der Waals surface area contributed by atoms with Crippen LogP contribution in [0.4, 0.5) is 0 Å². The molecular formula is C12H24O2. The number of ether oxygens (including phenoxy) is 1. The third-order valence-electron chi connectivity index (χ3n) is 2.39. The summed E-state index contributed by atoms with van der Waals surface area (Å²) in [6, 6.07) is 0. The normalized spacial score (nSPS) is 14.1. The second-order valence-electron chi connectivity index (χ2n) is 5.18. The fraction of sp³-hybridized carbons (Fsp3) is 0.917. The van der Waals surface area contributed by atoms with E-state index in [1.165, 1.54) is 0 Å². The molecule has 0 spiro atoms. The molecule has 0 fully saturated rings. The molecule has 0 bridgehead atoms. The van der Waals surface area contributed by atoms with Crippen molar-refractivity contribution in [3.8, 4) is 0 Å². The number of Topliss-reactive ketones (excluding diaryl/α,β-unsaturated/α-hetero) is 1. The molecule has 1 atom stereocenters. The van der Waals surface area contributed by atoms with Crippen LogP contribution in [0.3, 0.4) is 0 Å². The van der Waals surface area contributed by atoms with Gasteiger partial charge < -0.3 is 4.74 Å². The number of hydrogen-bond acceptors (Lipinski definition) is 2. The number of methoxy groups -OCH3 is 1. The van der Waals surface area contributed by atoms with Crippen LogP contribution in [0.2, 0.25) is 0 Å². The molecule has 0 N–H and O–H groups in total. The highest BCUT2D eigenvalue weighted by atomic mass is 16.5. The topological polar surface area (TPSA) is 26.3 Å². The zero-order valence-electron chi connectivity index (χ0n) is 10.2. The highest BCUT2D eigenvalue weighted by molar-refractivity contribution is 5.78. The Balaban J connectivity index is 3.57. The van der Waals surface area contributed by atoms with Crippen molar-refractivity contribution in [3.63, 3.8) is 0 Å². The molecule has 14 heavy (non-hydrogen) atoms. The largest absolute Gasteiger partial charge is 0.382 e. The maximum atomic E-state index is 11.5. The monoisotopic (exact) mass is 200 g/mol. The van der Waals surface area contributed by atoms with E-state index in [1.54, 1.807) is 7.11 Å². The smallest absolute Gasteiger partial charge is 0.133 e. The predicted octanol–water partition coefficient (Wildman–Crippen LogP) is 3.20. The van der Waals surface area contributed by atoms with Crippen LogP contribution in [0.25, 0.3) is 0 Å². The van der Waals surface area contributed by atoms with E-state index in [9.17, 15) is 4.79 Å². The third-order valence-corrected chi connectivity index (χ3v) is 2.39. The van der Waals surface area contributed by atoms with Crippen LogP contribution >= 0.6 is 0 Å². The second-order valence-corrected chi connectivity index (χ2v) is 5.18. The van der Waals surface area contributed by atoms with Crippen molar-refractivity contribution in [2.45, 2.75) is 59.5 Å². The Bertz CT molecular complexity index is 168. The van der Waals surface area contributed by atoms with Gasteiger partial charge in [0, 0.05) is 20.0 Å². The van der Waals surface area contributed by atoms with E-state index < -0.39 is 0 Å². The van der Waals surface area contributed by atoms with Crippen molar-refractivity contribution >= 4 is 5.78 Å². The molecule has 0 heterocycles. The van der Waals surface area contributed by atoms with Gasteiger partial charge in [-0.15, -0.1) is 0 Å². The molecular weight excluding hydrogens is 176 g/mol. The van der Waals surface area contributed by atoms with Gasteiger partial charge in [-0.05, 0) is 25.2 Å². The molecule has 0 aliphatic heterocycles. The first-order valence-corrected chi connectivity index (χ1v) is 5.39. The van der Waals surface area contributed by atoms with E-state index in [-0.39, 0.29) is 11.5 Å². The molecule has 2 nitrogen and oxygen atoms in total. The third kappa shape index (κ3) is 8.24. The van der Waals surface area contributed by atoms with E-state index in [1.807, 2.05) is 6.92 Å². The van der Waals surface area contributed by atoms with Gasteiger partial charge in [0.15, 0.2) is 0 Å². The Morgan fingerprint density at radius 3 is 2.29 bits per heavy atom. The number of hydrogen-bond donors (Lipinski definition) is 0. The molecule has 0 amide bonds. The maximum Gasteiger partial charge on any atom is 0.133 e. The summed E-state index contributed by atoms with van der Waals surface area (Å²) in [5, 5.41) is 0. The fourth-order valence-corrected chi connectivity index (χ4v) is 1.12. The van der Waals surface area contributed by atoms with E-state index in [4.69, 9.17) is 4.74 Å². The second kappa shape index (κ2) is 6.18. The first-order chi connectivity index (χ1) is 6.35. The Morgan fingerprint density at radius 1 is 1.29 bits per heavy atom. The molecule has 0 rings (SSSR count). The van der Waals surface area contributed by atoms with Gasteiger partial charge in [0.1, 0.15) is 5.78 Å². The van der Waals surface area contributed by atoms with E-state index in [2.05, 4.69) is 20.8 Å². The minimum atomic E-state index is 0.202. The average Bonchev–Trinajstić information content (AvgIpc) is 2.09. The summed E-state index contributed by atoms with van der Waals surface area (Å²) in [5.41, 5.74) is 0.266. The predicted molar refractivity (Wildman–Crippen MR) is 59.4 cm³/mol. The van der Waals surface area contributed by atoms with E-state index >= 15 is 0 Å². The molecule has 0 saturated heterocycles. The molecule has 0 saturated carbocycles. The Hall–Kier alpha value is -0.370. The number of carbonyl (C=O) groups excluding carboxylic acids is 1. The van der Waals surface area contributed by atoms with Crippen molar-refractivity contribution in [3.05, 3.63) is 0 Å². The first-order valence-electron chi connectivity index (χ1n) is 5.39. The zero-order chi connectivity index (χ0) is 11.2. The van der Waals surface area contributed by atoms with Crippen LogP contribution in [0, 0.1) is 5.41 Å². The molecule has 84 valence electrons. The highest BCUT2D eigenvalue weighted by Gasteiger charge is 2.13. The van der Waals surface area contributed by atoms with Crippen molar-refractivity contribution in [2.75, 3.05) is 7.11 Å². The summed E-state index contributed by atoms with van der Waals surface area (Å²) in [4.78, 5) is 11.5. The molecule has 0 aromatic heterocycles. The van der Waals surface area contributed by atoms with E-state index in [0.29, 0.717) is 18.6 Å². The summed E-state index contributed by atoms with van der Waals surface area (Å²) >= 11 is 0. The molecule has 2 heteroatoms. The van der Waals surface area contributed by atoms with E-state index in [0.717, 1.165) is 12.8 Å². The average molecular weight is 200 g/mol. The van der Waals surface area contributed by atoms with Gasteiger partial charge in [0.25, 0.3) is 0 Å². The van der Waals surface area contributed by atoms with Gasteiger partial charge in [0.05, 0.1) is 6.10 Å². The maximum absolute atomic E-state index is 11.5. The van der Waals surface area contributed by atoms with Crippen LogP contribution < -0.4 is 0 Å². The lowest BCUT2D eigenvalue weighted by molar-refractivity contribution is -0.120. The minimum absolute atomic E-state index is 0.202. The Kier molecular flexibility index (Phi) is 6.01. The SMILES string of the molecule is COC(C)CCC(=O)CCC(C)(C)C. The van der Waals surface area contributed by atoms with Crippen molar-refractivity contribution in [1.82, 2.24) is 0 Å². The van der Waals surface area contributed by atoms with Gasteiger partial charge in [-0.3, -0.25) is 4.79 Å². The first kappa shape index (κ1) is 13.6. The standard InChI is InChI=1S/C12H24O2/c1-10(14-5)6-7-11(13)8-9-12(2,3)4/h10H,6-9H2,1-5H3. The summed E-state index contributed by atoms with van der Waals surface area (Å²) in [6.07, 6.45) is 3.39. The Labute approximate surface area is 88.0 Å². The lowest BCUT2D eigenvalue weighted by Gasteiger charge is -2.17. The molecule has 0 aromatic carbocycles. The van der Waals surface area contributed by atoms with Crippen LogP contribution in [0.1, 0.15) is 53.4 Å². The Morgan fingerprint density at radius 2 is 1.86 bits per heavy atom. The molecule has 0 radical (unpaired) electrons. The molecule has 0 aliphatic carbocycles. The molecule has 1 unspecified atom stereocenters. The summed E-state index contributed by atoms with van der Waals surface area (Å²) < 4.78 is 5.09. The van der Waals surface area contributed by atoms with Gasteiger partial charge in [0.2, 0.25) is 0 Å². The molecule has 0 aromatic rings. The fourth-order valence-electron chi connectivity index (χ4n) is 1.12. The number of rotatable bonds is 6. The summed E-state index contributed by atoms with van der Waals surface area (Å²) in [7, 11) is 1.68. The minimum Gasteiger partial charge on any atom is -0.382 e. The van der Waals surface area contributed by atoms with Crippen molar-refractivity contribution in [2.24, 2.45) is 5.41 Å². The zero-order valence-corrected chi connectivity index (χ0v) is 10.2. The summed E-state index contributed by atoms with van der Waals surface area (Å²) in [5.74, 6) is 0.365. The van der Waals surface area contributed by atoms with Gasteiger partial charge in [-0.25, -0.2) is 0 Å². The summed E-state index contributed by atoms with van der Waals surface area (Å²) in [6.45, 7) is 8.49. The van der Waals surface area contributed by atoms with Gasteiger partial charge >= 0.3 is 0 Å². The van der Waals surface area contributed by atoms with Gasteiger partial charge in [-0.1, -0.05) is 20.8 Å². The van der Waals surface area contributed by atoms with Crippen LogP contribution in [-0.4, -0.2) is 19.0 Å². The van der Waals surface area contributed by atoms with Crippen molar-refractivity contribution in [1.29, 1.82) is 0 Å². The lowest BCUT2D eigenvalue weighted by atomic mass is 9.89. The van der Waals surface area contributed by atoms with Crippen LogP contribution in [0.5, 0.6) is 0 Å². The van der Waals surface area contributed by atoms with Crippen LogP contribution in [0.15, 0.2) is 0 Å². The molecule has 0 aliphatic rings. The quantitative estimate of drug-likeness (QED) is 0.658. The number of carbonyl (C=O) groups is 1.